The van der Waals surface area contributed by atoms with Crippen LogP contribution in [0, 0.1) is 0 Å². The monoisotopic (exact) mass is 858 g/mol. The van der Waals surface area contributed by atoms with Gasteiger partial charge in [-0.3, -0.25) is 0 Å². The Kier molecular flexibility index (Phi) is 7.94. The third-order valence-electron chi connectivity index (χ3n) is 14.5. The quantitative estimate of drug-likeness (QED) is 0.163. The molecule has 0 saturated heterocycles. The van der Waals surface area contributed by atoms with Crippen LogP contribution in [0.5, 0.6) is 0 Å². The van der Waals surface area contributed by atoms with Crippen molar-refractivity contribution in [2.45, 2.75) is 19.3 Å². The molecule has 13 aromatic rings. The number of hydrogen-bond donors (Lipinski definition) is 0. The normalized spacial score (nSPS) is 13.1. The van der Waals surface area contributed by atoms with Crippen molar-refractivity contribution in [2.24, 2.45) is 0 Å². The standard InChI is InChI=1S/C63H42N2S/c1-63(2)54-22-11-9-19-52(54)60-55(63)34-33-51-50-21-13-20-46(61(50)66-62(51)60)40-26-24-39(25-27-40)41-30-35-57-53(36-41)49-32-29-43(38-59(49)65(57)45-16-7-4-8-17-45)42-28-31-48-47-18-10-12-23-56(47)64(58(48)37-42)44-14-5-3-6-15-44/h3-38H,1-2H3. The van der Waals surface area contributed by atoms with Gasteiger partial charge in [0.15, 0.2) is 0 Å². The van der Waals surface area contributed by atoms with Crippen molar-refractivity contribution in [1.29, 1.82) is 0 Å². The van der Waals surface area contributed by atoms with Crippen LogP contribution >= 0.6 is 11.3 Å². The first-order valence-corrected chi connectivity index (χ1v) is 23.7. The van der Waals surface area contributed by atoms with Crippen LogP contribution in [0.2, 0.25) is 0 Å². The summed E-state index contributed by atoms with van der Waals surface area (Å²) in [5.41, 5.74) is 20.1. The Bertz CT molecular complexity index is 4110. The van der Waals surface area contributed by atoms with Crippen LogP contribution in [0.25, 0.3) is 120 Å². The maximum absolute atomic E-state index is 2.43. The van der Waals surface area contributed by atoms with Gasteiger partial charge in [-0.25, -0.2) is 0 Å². The number of fused-ring (bicyclic) bond motifs is 13. The summed E-state index contributed by atoms with van der Waals surface area (Å²) < 4.78 is 7.58. The number of benzene rings is 10. The zero-order chi connectivity index (χ0) is 43.7. The van der Waals surface area contributed by atoms with Gasteiger partial charge < -0.3 is 9.13 Å². The van der Waals surface area contributed by atoms with E-state index in [-0.39, 0.29) is 5.41 Å². The predicted octanol–water partition coefficient (Wildman–Crippen LogP) is 17.6. The van der Waals surface area contributed by atoms with Crippen molar-refractivity contribution >= 4 is 75.1 Å². The Morgan fingerprint density at radius 3 is 1.55 bits per heavy atom. The summed E-state index contributed by atoms with van der Waals surface area (Å²) in [4.78, 5) is 0. The minimum Gasteiger partial charge on any atom is -0.309 e. The Morgan fingerprint density at radius 1 is 0.318 bits per heavy atom. The molecule has 3 heterocycles. The summed E-state index contributed by atoms with van der Waals surface area (Å²) in [7, 11) is 0. The minimum atomic E-state index is -0.0141. The molecule has 0 N–H and O–H groups in total. The molecule has 1 aliphatic rings. The van der Waals surface area contributed by atoms with E-state index in [1.807, 2.05) is 11.3 Å². The summed E-state index contributed by atoms with van der Waals surface area (Å²) in [5, 5.41) is 7.69. The van der Waals surface area contributed by atoms with E-state index in [1.54, 1.807) is 0 Å². The smallest absolute Gasteiger partial charge is 0.0547 e. The highest BCUT2D eigenvalue weighted by Gasteiger charge is 2.36. The van der Waals surface area contributed by atoms with Crippen molar-refractivity contribution in [3.8, 4) is 55.9 Å². The van der Waals surface area contributed by atoms with Gasteiger partial charge in [0, 0.05) is 64.1 Å². The third-order valence-corrected chi connectivity index (χ3v) is 15.8. The van der Waals surface area contributed by atoms with Crippen molar-refractivity contribution in [3.05, 3.63) is 230 Å². The second kappa shape index (κ2) is 14.0. The molecule has 0 radical (unpaired) electrons. The SMILES string of the molecule is CC1(C)c2ccccc2-c2c1ccc1c2sc2c(-c3ccc(-c4ccc5c(c4)c4ccc(-c6ccc7c8ccccc8n(-c8ccccc8)c7c6)cc4n5-c4ccccc4)cc3)cccc21. The molecule has 1 aliphatic carbocycles. The van der Waals surface area contributed by atoms with Crippen molar-refractivity contribution in [1.82, 2.24) is 9.13 Å². The van der Waals surface area contributed by atoms with Crippen LogP contribution in [-0.2, 0) is 5.41 Å². The van der Waals surface area contributed by atoms with Crippen LogP contribution in [0.15, 0.2) is 218 Å². The zero-order valence-electron chi connectivity index (χ0n) is 36.6. The van der Waals surface area contributed by atoms with Gasteiger partial charge in [0.2, 0.25) is 0 Å². The van der Waals surface area contributed by atoms with E-state index in [4.69, 9.17) is 0 Å². The highest BCUT2D eigenvalue weighted by molar-refractivity contribution is 7.27. The molecule has 0 amide bonds. The van der Waals surface area contributed by atoms with E-state index in [0.717, 1.165) is 11.4 Å². The van der Waals surface area contributed by atoms with E-state index in [1.165, 1.54) is 119 Å². The predicted molar refractivity (Wildman–Crippen MR) is 282 cm³/mol. The van der Waals surface area contributed by atoms with Crippen molar-refractivity contribution < 1.29 is 0 Å². The van der Waals surface area contributed by atoms with E-state index in [0.29, 0.717) is 0 Å². The topological polar surface area (TPSA) is 9.86 Å². The highest BCUT2D eigenvalue weighted by atomic mass is 32.1. The first kappa shape index (κ1) is 37.4. The second-order valence-electron chi connectivity index (χ2n) is 18.5. The first-order chi connectivity index (χ1) is 32.5. The summed E-state index contributed by atoms with van der Waals surface area (Å²) >= 11 is 1.95. The largest absolute Gasteiger partial charge is 0.309 e. The molecule has 0 saturated carbocycles. The van der Waals surface area contributed by atoms with Crippen LogP contribution < -0.4 is 0 Å². The fraction of sp³-hybridized carbons (Fsp3) is 0.0476. The molecule has 2 nitrogen and oxygen atoms in total. The maximum atomic E-state index is 2.43. The third kappa shape index (κ3) is 5.35. The molecule has 0 atom stereocenters. The summed E-state index contributed by atoms with van der Waals surface area (Å²) in [6.07, 6.45) is 0. The molecule has 3 heteroatoms. The average molecular weight is 859 g/mol. The lowest BCUT2D eigenvalue weighted by Gasteiger charge is -2.21. The number of para-hydroxylation sites is 3. The lowest BCUT2D eigenvalue weighted by Crippen LogP contribution is -2.14. The molecular weight excluding hydrogens is 817 g/mol. The van der Waals surface area contributed by atoms with E-state index >= 15 is 0 Å². The molecule has 0 unspecified atom stereocenters. The Hall–Kier alpha value is -7.98. The van der Waals surface area contributed by atoms with Gasteiger partial charge >= 0.3 is 0 Å². The summed E-state index contributed by atoms with van der Waals surface area (Å²) in [6.45, 7) is 4.74. The molecule has 14 rings (SSSR count). The average Bonchev–Trinajstić information content (AvgIpc) is 4.09. The van der Waals surface area contributed by atoms with E-state index in [9.17, 15) is 0 Å². The Morgan fingerprint density at radius 2 is 0.818 bits per heavy atom. The van der Waals surface area contributed by atoms with Gasteiger partial charge in [0.05, 0.1) is 22.1 Å². The number of rotatable bonds is 5. The molecule has 0 fully saturated rings. The van der Waals surface area contributed by atoms with Gasteiger partial charge in [-0.15, -0.1) is 11.3 Å². The van der Waals surface area contributed by atoms with Crippen LogP contribution in [0.3, 0.4) is 0 Å². The number of hydrogen-bond acceptors (Lipinski definition) is 1. The highest BCUT2D eigenvalue weighted by Crippen LogP contribution is 2.54. The maximum Gasteiger partial charge on any atom is 0.0547 e. The van der Waals surface area contributed by atoms with Crippen LogP contribution in [0.1, 0.15) is 25.0 Å². The van der Waals surface area contributed by atoms with E-state index in [2.05, 4.69) is 241 Å². The minimum absolute atomic E-state index is 0.0141. The molecular formula is C63H42N2S. The molecule has 0 bridgehead atoms. The van der Waals surface area contributed by atoms with Crippen LogP contribution in [-0.4, -0.2) is 9.13 Å². The molecule has 3 aromatic heterocycles. The number of nitrogens with zero attached hydrogens (tertiary/aromatic N) is 2. The van der Waals surface area contributed by atoms with Gasteiger partial charge in [-0.1, -0.05) is 178 Å². The lowest BCUT2D eigenvalue weighted by molar-refractivity contribution is 0.661. The molecule has 66 heavy (non-hydrogen) atoms. The lowest BCUT2D eigenvalue weighted by atomic mass is 9.82. The van der Waals surface area contributed by atoms with Gasteiger partial charge in [0.1, 0.15) is 0 Å². The van der Waals surface area contributed by atoms with Crippen LogP contribution in [0.4, 0.5) is 0 Å². The Balaban J connectivity index is 0.873. The van der Waals surface area contributed by atoms with Gasteiger partial charge in [-0.2, -0.15) is 0 Å². The number of thiophene rings is 1. The van der Waals surface area contributed by atoms with Crippen molar-refractivity contribution in [2.75, 3.05) is 0 Å². The summed E-state index contributed by atoms with van der Waals surface area (Å²) in [6, 6.07) is 81.0. The zero-order valence-corrected chi connectivity index (χ0v) is 37.4. The van der Waals surface area contributed by atoms with E-state index < -0.39 is 0 Å². The van der Waals surface area contributed by atoms with Gasteiger partial charge in [0.25, 0.3) is 0 Å². The fourth-order valence-electron chi connectivity index (χ4n) is 11.4. The summed E-state index contributed by atoms with van der Waals surface area (Å²) in [5.74, 6) is 0. The fourth-order valence-corrected chi connectivity index (χ4v) is 12.7. The molecule has 310 valence electrons. The first-order valence-electron chi connectivity index (χ1n) is 22.9. The molecule has 0 spiro atoms. The molecule has 0 aliphatic heterocycles. The van der Waals surface area contributed by atoms with Gasteiger partial charge in [-0.05, 0) is 105 Å². The van der Waals surface area contributed by atoms with Crippen molar-refractivity contribution in [3.63, 3.8) is 0 Å². The Labute approximate surface area is 386 Å². The second-order valence-corrected chi connectivity index (χ2v) is 19.5. The molecule has 10 aromatic carbocycles. The number of aromatic nitrogens is 2.